The number of hydrogen-bond donors (Lipinski definition) is 1. The zero-order valence-corrected chi connectivity index (χ0v) is 18.0. The molecule has 0 fully saturated rings. The molecular weight excluding hydrogens is 417 g/mol. The summed E-state index contributed by atoms with van der Waals surface area (Å²) in [5.74, 6) is 1.15. The van der Waals surface area contributed by atoms with Gasteiger partial charge in [0.1, 0.15) is 6.61 Å². The summed E-state index contributed by atoms with van der Waals surface area (Å²) in [7, 11) is 1.62. The predicted molar refractivity (Wildman–Crippen MR) is 125 cm³/mol. The molecule has 1 N–H and O–H groups in total. The van der Waals surface area contributed by atoms with Crippen LogP contribution in [-0.4, -0.2) is 7.11 Å². The lowest BCUT2D eigenvalue weighted by molar-refractivity contribution is 0.285. The smallest absolute Gasteiger partial charge is 0.180 e. The van der Waals surface area contributed by atoms with Crippen LogP contribution in [0.4, 0.5) is 5.69 Å². The van der Waals surface area contributed by atoms with Crippen molar-refractivity contribution in [3.05, 3.63) is 100 Å². The first-order valence-electron chi connectivity index (χ1n) is 9.59. The van der Waals surface area contributed by atoms with Crippen molar-refractivity contribution in [2.75, 3.05) is 12.4 Å². The van der Waals surface area contributed by atoms with Gasteiger partial charge in [0, 0.05) is 17.3 Å². The maximum Gasteiger partial charge on any atom is 0.180 e. The van der Waals surface area contributed by atoms with Crippen molar-refractivity contribution in [1.29, 1.82) is 0 Å². The molecule has 0 saturated carbocycles. The van der Waals surface area contributed by atoms with Gasteiger partial charge in [-0.15, -0.1) is 0 Å². The minimum Gasteiger partial charge on any atom is -0.493 e. The second kappa shape index (κ2) is 9.29. The molecule has 0 unspecified atom stereocenters. The molecule has 4 aromatic rings. The van der Waals surface area contributed by atoms with Crippen LogP contribution in [-0.2, 0) is 13.2 Å². The Labute approximate surface area is 186 Å². The van der Waals surface area contributed by atoms with Crippen LogP contribution in [0.2, 0.25) is 10.0 Å². The predicted octanol–water partition coefficient (Wildman–Crippen LogP) is 7.35. The Morgan fingerprint density at radius 3 is 2.43 bits per heavy atom. The molecule has 0 aliphatic rings. The quantitative estimate of drug-likeness (QED) is 0.327. The van der Waals surface area contributed by atoms with Crippen LogP contribution in [0.5, 0.6) is 11.5 Å². The number of halogens is 2. The second-order valence-corrected chi connectivity index (χ2v) is 7.74. The molecule has 0 spiro atoms. The van der Waals surface area contributed by atoms with Crippen LogP contribution in [0.15, 0.2) is 78.9 Å². The fraction of sp³-hybridized carbons (Fsp3) is 0.120. The van der Waals surface area contributed by atoms with Crippen molar-refractivity contribution < 1.29 is 9.47 Å². The average molecular weight is 438 g/mol. The van der Waals surface area contributed by atoms with E-state index < -0.39 is 0 Å². The highest BCUT2D eigenvalue weighted by Gasteiger charge is 2.13. The fourth-order valence-corrected chi connectivity index (χ4v) is 3.77. The van der Waals surface area contributed by atoms with Gasteiger partial charge in [0.2, 0.25) is 0 Å². The van der Waals surface area contributed by atoms with Gasteiger partial charge in [-0.3, -0.25) is 0 Å². The number of nitrogens with one attached hydrogen (secondary N) is 1. The molecule has 0 heterocycles. The highest BCUT2D eigenvalue weighted by atomic mass is 35.5. The van der Waals surface area contributed by atoms with E-state index in [1.807, 2.05) is 54.6 Å². The van der Waals surface area contributed by atoms with E-state index in [0.717, 1.165) is 16.8 Å². The topological polar surface area (TPSA) is 30.5 Å². The number of rotatable bonds is 7. The molecule has 0 saturated heterocycles. The van der Waals surface area contributed by atoms with E-state index in [2.05, 4.69) is 29.6 Å². The minimum atomic E-state index is 0.403. The Balaban J connectivity index is 1.51. The minimum absolute atomic E-state index is 0.403. The maximum atomic E-state index is 6.55. The van der Waals surface area contributed by atoms with Crippen molar-refractivity contribution in [3.63, 3.8) is 0 Å². The van der Waals surface area contributed by atoms with E-state index in [9.17, 15) is 0 Å². The lowest BCUT2D eigenvalue weighted by Crippen LogP contribution is -2.03. The van der Waals surface area contributed by atoms with E-state index in [4.69, 9.17) is 32.7 Å². The lowest BCUT2D eigenvalue weighted by Gasteiger charge is -2.16. The molecule has 5 heteroatoms. The van der Waals surface area contributed by atoms with Gasteiger partial charge in [-0.05, 0) is 58.3 Å². The van der Waals surface area contributed by atoms with Gasteiger partial charge >= 0.3 is 0 Å². The van der Waals surface area contributed by atoms with Gasteiger partial charge in [0.15, 0.2) is 11.5 Å². The van der Waals surface area contributed by atoms with E-state index in [1.54, 1.807) is 7.11 Å². The standard InChI is InChI=1S/C25H21Cl2NO2/c1-29-24-14-17(15-28-21-11-9-20(26)10-12-21)13-23(27)25(24)30-16-19-7-4-6-18-5-2-3-8-22(18)19/h2-14,28H,15-16H2,1H3. The van der Waals surface area contributed by atoms with Gasteiger partial charge in [-0.1, -0.05) is 65.7 Å². The summed E-state index contributed by atoms with van der Waals surface area (Å²) in [5, 5.41) is 6.92. The van der Waals surface area contributed by atoms with Crippen molar-refractivity contribution in [2.24, 2.45) is 0 Å². The molecule has 0 atom stereocenters. The Bertz CT molecular complexity index is 1150. The largest absolute Gasteiger partial charge is 0.493 e. The van der Waals surface area contributed by atoms with Crippen LogP contribution in [0.25, 0.3) is 10.8 Å². The lowest BCUT2D eigenvalue weighted by atomic mass is 10.1. The van der Waals surface area contributed by atoms with Crippen molar-refractivity contribution in [1.82, 2.24) is 0 Å². The number of benzene rings is 4. The van der Waals surface area contributed by atoms with Gasteiger partial charge < -0.3 is 14.8 Å². The first kappa shape index (κ1) is 20.4. The van der Waals surface area contributed by atoms with Gasteiger partial charge in [0.25, 0.3) is 0 Å². The molecule has 0 radical (unpaired) electrons. The van der Waals surface area contributed by atoms with Crippen LogP contribution in [0.3, 0.4) is 0 Å². The molecule has 152 valence electrons. The third kappa shape index (κ3) is 4.64. The average Bonchev–Trinajstić information content (AvgIpc) is 2.77. The Hall–Kier alpha value is -2.88. The summed E-state index contributed by atoms with van der Waals surface area (Å²) in [6, 6.07) is 25.8. The summed E-state index contributed by atoms with van der Waals surface area (Å²) in [4.78, 5) is 0. The Morgan fingerprint density at radius 1 is 0.867 bits per heavy atom. The van der Waals surface area contributed by atoms with E-state index in [1.165, 1.54) is 10.8 Å². The van der Waals surface area contributed by atoms with E-state index in [-0.39, 0.29) is 0 Å². The zero-order chi connectivity index (χ0) is 20.9. The number of fused-ring (bicyclic) bond motifs is 1. The monoisotopic (exact) mass is 437 g/mol. The number of methoxy groups -OCH3 is 1. The summed E-state index contributed by atoms with van der Waals surface area (Å²) in [6.07, 6.45) is 0. The highest BCUT2D eigenvalue weighted by Crippen LogP contribution is 2.37. The fourth-order valence-electron chi connectivity index (χ4n) is 3.36. The van der Waals surface area contributed by atoms with Crippen LogP contribution >= 0.6 is 23.2 Å². The van der Waals surface area contributed by atoms with E-state index in [0.29, 0.717) is 34.7 Å². The van der Waals surface area contributed by atoms with E-state index >= 15 is 0 Å². The normalized spacial score (nSPS) is 10.8. The Morgan fingerprint density at radius 2 is 1.63 bits per heavy atom. The molecular formula is C25H21Cl2NO2. The summed E-state index contributed by atoms with van der Waals surface area (Å²) < 4.78 is 11.6. The van der Waals surface area contributed by atoms with Gasteiger partial charge in [-0.25, -0.2) is 0 Å². The third-order valence-corrected chi connectivity index (χ3v) is 5.41. The van der Waals surface area contributed by atoms with Crippen molar-refractivity contribution >= 4 is 39.7 Å². The zero-order valence-electron chi connectivity index (χ0n) is 16.5. The first-order valence-corrected chi connectivity index (χ1v) is 10.3. The summed E-state index contributed by atoms with van der Waals surface area (Å²) in [5.41, 5.74) is 3.06. The summed E-state index contributed by atoms with van der Waals surface area (Å²) >= 11 is 12.5. The summed E-state index contributed by atoms with van der Waals surface area (Å²) in [6.45, 7) is 1.00. The Kier molecular flexibility index (Phi) is 6.32. The molecule has 0 aromatic heterocycles. The molecule has 0 aliphatic carbocycles. The third-order valence-electron chi connectivity index (χ3n) is 4.88. The molecule has 0 bridgehead atoms. The maximum absolute atomic E-state index is 6.55. The van der Waals surface area contributed by atoms with Crippen molar-refractivity contribution in [2.45, 2.75) is 13.2 Å². The SMILES string of the molecule is COc1cc(CNc2ccc(Cl)cc2)cc(Cl)c1OCc1cccc2ccccc12. The van der Waals surface area contributed by atoms with Gasteiger partial charge in [-0.2, -0.15) is 0 Å². The molecule has 30 heavy (non-hydrogen) atoms. The van der Waals surface area contributed by atoms with Crippen molar-refractivity contribution in [3.8, 4) is 11.5 Å². The number of hydrogen-bond acceptors (Lipinski definition) is 3. The second-order valence-electron chi connectivity index (χ2n) is 6.90. The molecule has 4 aromatic carbocycles. The first-order chi connectivity index (χ1) is 14.6. The van der Waals surface area contributed by atoms with Crippen LogP contribution in [0, 0.1) is 0 Å². The number of anilines is 1. The van der Waals surface area contributed by atoms with Gasteiger partial charge in [0.05, 0.1) is 12.1 Å². The van der Waals surface area contributed by atoms with Crippen LogP contribution < -0.4 is 14.8 Å². The molecule has 0 aliphatic heterocycles. The molecule has 4 rings (SSSR count). The molecule has 3 nitrogen and oxygen atoms in total. The highest BCUT2D eigenvalue weighted by molar-refractivity contribution is 6.32. The van der Waals surface area contributed by atoms with Crippen LogP contribution in [0.1, 0.15) is 11.1 Å². The number of ether oxygens (including phenoxy) is 2. The molecule has 0 amide bonds.